The van der Waals surface area contributed by atoms with E-state index in [9.17, 15) is 5.11 Å². The molecule has 0 spiro atoms. The third-order valence-corrected chi connectivity index (χ3v) is 3.94. The SMILES string of the molecule is CC1(C)[C@H](N)[C@H]1c1c(O)cccc1Br. The molecule has 2 atom stereocenters. The summed E-state index contributed by atoms with van der Waals surface area (Å²) >= 11 is 3.45. The minimum absolute atomic E-state index is 0.0986. The quantitative estimate of drug-likeness (QED) is 0.811. The molecule has 1 aliphatic rings. The molecule has 2 nitrogen and oxygen atoms in total. The van der Waals surface area contributed by atoms with E-state index in [1.165, 1.54) is 0 Å². The highest BCUT2D eigenvalue weighted by Crippen LogP contribution is 2.60. The van der Waals surface area contributed by atoms with Crippen molar-refractivity contribution in [1.82, 2.24) is 0 Å². The van der Waals surface area contributed by atoms with Gasteiger partial charge in [-0.05, 0) is 17.5 Å². The summed E-state index contributed by atoms with van der Waals surface area (Å²) in [6.45, 7) is 4.25. The van der Waals surface area contributed by atoms with Crippen LogP contribution in [0, 0.1) is 5.41 Å². The summed E-state index contributed by atoms with van der Waals surface area (Å²) in [5.41, 5.74) is 7.03. The summed E-state index contributed by atoms with van der Waals surface area (Å²) in [6.07, 6.45) is 0. The van der Waals surface area contributed by atoms with Gasteiger partial charge in [-0.15, -0.1) is 0 Å². The minimum Gasteiger partial charge on any atom is -0.508 e. The minimum atomic E-state index is 0.0986. The average Bonchev–Trinajstić information content (AvgIpc) is 2.54. The highest BCUT2D eigenvalue weighted by atomic mass is 79.9. The number of hydrogen-bond donors (Lipinski definition) is 2. The van der Waals surface area contributed by atoms with E-state index in [1.807, 2.05) is 12.1 Å². The molecule has 0 saturated heterocycles. The third-order valence-electron chi connectivity index (χ3n) is 3.25. The lowest BCUT2D eigenvalue weighted by Crippen LogP contribution is -2.06. The lowest BCUT2D eigenvalue weighted by molar-refractivity contribution is 0.463. The lowest BCUT2D eigenvalue weighted by atomic mass is 10.0. The Bertz CT molecular complexity index is 355. The molecule has 0 heterocycles. The first kappa shape index (κ1) is 9.99. The van der Waals surface area contributed by atoms with E-state index in [-0.39, 0.29) is 17.4 Å². The fraction of sp³-hybridized carbons (Fsp3) is 0.455. The first-order chi connectivity index (χ1) is 6.46. The second-order valence-electron chi connectivity index (χ2n) is 4.50. The molecule has 0 unspecified atom stereocenters. The number of benzene rings is 1. The number of hydrogen-bond acceptors (Lipinski definition) is 2. The van der Waals surface area contributed by atoms with E-state index in [0.29, 0.717) is 5.75 Å². The Hall–Kier alpha value is -0.540. The molecule has 0 aromatic heterocycles. The number of rotatable bonds is 1. The summed E-state index contributed by atoms with van der Waals surface area (Å²) in [5.74, 6) is 0.600. The Labute approximate surface area is 92.3 Å². The topological polar surface area (TPSA) is 46.2 Å². The molecule has 1 aromatic carbocycles. The van der Waals surface area contributed by atoms with Gasteiger partial charge < -0.3 is 10.8 Å². The molecule has 2 rings (SSSR count). The summed E-state index contributed by atoms with van der Waals surface area (Å²) in [4.78, 5) is 0. The molecular formula is C11H14BrNO. The van der Waals surface area contributed by atoms with Crippen LogP contribution in [0.25, 0.3) is 0 Å². The molecule has 0 bridgehead atoms. The largest absolute Gasteiger partial charge is 0.508 e. The zero-order valence-electron chi connectivity index (χ0n) is 8.29. The van der Waals surface area contributed by atoms with Crippen LogP contribution in [0.15, 0.2) is 22.7 Å². The summed E-state index contributed by atoms with van der Waals surface area (Å²) in [7, 11) is 0. The summed E-state index contributed by atoms with van der Waals surface area (Å²) in [6, 6.07) is 5.62. The highest BCUT2D eigenvalue weighted by Gasteiger charge is 2.57. The maximum absolute atomic E-state index is 9.77. The number of halogens is 1. The molecular weight excluding hydrogens is 242 g/mol. The van der Waals surface area contributed by atoms with Crippen LogP contribution in [0.2, 0.25) is 0 Å². The van der Waals surface area contributed by atoms with E-state index >= 15 is 0 Å². The van der Waals surface area contributed by atoms with Crippen LogP contribution in [-0.4, -0.2) is 11.1 Å². The first-order valence-electron chi connectivity index (χ1n) is 4.69. The molecule has 0 radical (unpaired) electrons. The molecule has 0 aliphatic heterocycles. The van der Waals surface area contributed by atoms with E-state index in [0.717, 1.165) is 10.0 Å². The van der Waals surface area contributed by atoms with Gasteiger partial charge in [-0.1, -0.05) is 35.8 Å². The number of nitrogens with two attached hydrogens (primary N) is 1. The normalized spacial score (nSPS) is 28.9. The lowest BCUT2D eigenvalue weighted by Gasteiger charge is -2.07. The second-order valence-corrected chi connectivity index (χ2v) is 5.35. The Morgan fingerprint density at radius 2 is 2.00 bits per heavy atom. The molecule has 1 aromatic rings. The molecule has 3 heteroatoms. The Kier molecular flexibility index (Phi) is 2.12. The van der Waals surface area contributed by atoms with Crippen molar-refractivity contribution >= 4 is 15.9 Å². The maximum atomic E-state index is 9.77. The number of phenolic OH excluding ortho intramolecular Hbond substituents is 1. The van der Waals surface area contributed by atoms with Gasteiger partial charge in [0.2, 0.25) is 0 Å². The molecule has 1 saturated carbocycles. The van der Waals surface area contributed by atoms with Crippen LogP contribution in [0.3, 0.4) is 0 Å². The van der Waals surface area contributed by atoms with E-state index in [2.05, 4.69) is 29.8 Å². The van der Waals surface area contributed by atoms with Crippen LogP contribution in [0.1, 0.15) is 25.3 Å². The third kappa shape index (κ3) is 1.27. The monoisotopic (exact) mass is 255 g/mol. The van der Waals surface area contributed by atoms with Gasteiger partial charge in [0, 0.05) is 22.0 Å². The van der Waals surface area contributed by atoms with Crippen molar-refractivity contribution < 1.29 is 5.11 Å². The molecule has 14 heavy (non-hydrogen) atoms. The van der Waals surface area contributed by atoms with Gasteiger partial charge in [0.05, 0.1) is 0 Å². The predicted octanol–water partition coefficient (Wildman–Crippen LogP) is 2.61. The number of aromatic hydroxyl groups is 1. The van der Waals surface area contributed by atoms with Crippen molar-refractivity contribution in [1.29, 1.82) is 0 Å². The van der Waals surface area contributed by atoms with Crippen molar-refractivity contribution in [2.45, 2.75) is 25.8 Å². The highest BCUT2D eigenvalue weighted by molar-refractivity contribution is 9.10. The Balaban J connectivity index is 2.44. The predicted molar refractivity (Wildman–Crippen MR) is 60.3 cm³/mol. The second kappa shape index (κ2) is 2.97. The van der Waals surface area contributed by atoms with Crippen LogP contribution < -0.4 is 5.73 Å². The van der Waals surface area contributed by atoms with Gasteiger partial charge in [0.15, 0.2) is 0 Å². The molecule has 76 valence electrons. The van der Waals surface area contributed by atoms with Crippen LogP contribution in [0.5, 0.6) is 5.75 Å². The van der Waals surface area contributed by atoms with Crippen molar-refractivity contribution in [3.63, 3.8) is 0 Å². The van der Waals surface area contributed by atoms with Gasteiger partial charge in [0.25, 0.3) is 0 Å². The molecule has 1 fully saturated rings. The fourth-order valence-electron chi connectivity index (χ4n) is 2.06. The zero-order chi connectivity index (χ0) is 10.5. The van der Waals surface area contributed by atoms with E-state index in [1.54, 1.807) is 6.07 Å². The van der Waals surface area contributed by atoms with Crippen LogP contribution in [0.4, 0.5) is 0 Å². The Morgan fingerprint density at radius 3 is 2.43 bits per heavy atom. The van der Waals surface area contributed by atoms with Crippen LogP contribution >= 0.6 is 15.9 Å². The van der Waals surface area contributed by atoms with Gasteiger partial charge >= 0.3 is 0 Å². The first-order valence-corrected chi connectivity index (χ1v) is 5.48. The maximum Gasteiger partial charge on any atom is 0.120 e. The average molecular weight is 256 g/mol. The molecule has 0 amide bonds. The van der Waals surface area contributed by atoms with Crippen molar-refractivity contribution in [3.8, 4) is 5.75 Å². The smallest absolute Gasteiger partial charge is 0.120 e. The molecule has 1 aliphatic carbocycles. The van der Waals surface area contributed by atoms with Gasteiger partial charge in [-0.25, -0.2) is 0 Å². The van der Waals surface area contributed by atoms with Crippen LogP contribution in [-0.2, 0) is 0 Å². The van der Waals surface area contributed by atoms with Gasteiger partial charge in [-0.3, -0.25) is 0 Å². The summed E-state index contributed by atoms with van der Waals surface area (Å²) < 4.78 is 0.948. The number of phenols is 1. The van der Waals surface area contributed by atoms with Crippen molar-refractivity contribution in [2.75, 3.05) is 0 Å². The zero-order valence-corrected chi connectivity index (χ0v) is 9.88. The van der Waals surface area contributed by atoms with Gasteiger partial charge in [-0.2, -0.15) is 0 Å². The van der Waals surface area contributed by atoms with E-state index in [4.69, 9.17) is 5.73 Å². The summed E-state index contributed by atoms with van der Waals surface area (Å²) in [5, 5.41) is 9.77. The Morgan fingerprint density at radius 1 is 1.43 bits per heavy atom. The van der Waals surface area contributed by atoms with Crippen molar-refractivity contribution in [2.24, 2.45) is 11.1 Å². The fourth-order valence-corrected chi connectivity index (χ4v) is 2.67. The van der Waals surface area contributed by atoms with Crippen molar-refractivity contribution in [3.05, 3.63) is 28.2 Å². The van der Waals surface area contributed by atoms with E-state index < -0.39 is 0 Å². The molecule has 3 N–H and O–H groups in total. The standard InChI is InChI=1S/C11H14BrNO/c1-11(2)9(10(11)13)8-6(12)4-3-5-7(8)14/h3-5,9-10,14H,13H2,1-2H3/t9-,10-/m1/s1. The van der Waals surface area contributed by atoms with Gasteiger partial charge in [0.1, 0.15) is 5.75 Å².